The summed E-state index contributed by atoms with van der Waals surface area (Å²) in [4.78, 5) is 0. The second-order valence-corrected chi connectivity index (χ2v) is 4.29. The summed E-state index contributed by atoms with van der Waals surface area (Å²) < 4.78 is 0. The molecular formula is C14H23N. The van der Waals surface area contributed by atoms with Crippen molar-refractivity contribution in [2.45, 2.75) is 45.4 Å². The second-order valence-electron chi connectivity index (χ2n) is 4.29. The summed E-state index contributed by atoms with van der Waals surface area (Å²) in [5, 5.41) is 0. The highest BCUT2D eigenvalue weighted by molar-refractivity contribution is 5.21. The Balaban J connectivity index is 2.07. The van der Waals surface area contributed by atoms with Gasteiger partial charge in [0.2, 0.25) is 0 Å². The SMILES string of the molecule is Cc1ccc(CCCCCCCN)cc1. The van der Waals surface area contributed by atoms with Gasteiger partial charge in [-0.3, -0.25) is 0 Å². The van der Waals surface area contributed by atoms with E-state index in [1.54, 1.807) is 0 Å². The van der Waals surface area contributed by atoms with Crippen molar-refractivity contribution >= 4 is 0 Å². The van der Waals surface area contributed by atoms with E-state index in [0.717, 1.165) is 6.54 Å². The molecule has 0 heterocycles. The maximum absolute atomic E-state index is 5.45. The molecule has 2 N–H and O–H groups in total. The van der Waals surface area contributed by atoms with Gasteiger partial charge < -0.3 is 5.73 Å². The van der Waals surface area contributed by atoms with Crippen molar-refractivity contribution in [3.63, 3.8) is 0 Å². The average Bonchev–Trinajstić information content (AvgIpc) is 2.26. The highest BCUT2D eigenvalue weighted by atomic mass is 14.5. The first-order chi connectivity index (χ1) is 7.33. The molecule has 1 heteroatoms. The van der Waals surface area contributed by atoms with E-state index in [9.17, 15) is 0 Å². The quantitative estimate of drug-likeness (QED) is 0.678. The second kappa shape index (κ2) is 7.47. The summed E-state index contributed by atoms with van der Waals surface area (Å²) in [7, 11) is 0. The molecule has 0 fully saturated rings. The number of unbranched alkanes of at least 4 members (excludes halogenated alkanes) is 4. The number of hydrogen-bond acceptors (Lipinski definition) is 1. The van der Waals surface area contributed by atoms with Gasteiger partial charge in [-0.2, -0.15) is 0 Å². The number of nitrogens with two attached hydrogens (primary N) is 1. The molecule has 0 bridgehead atoms. The standard InChI is InChI=1S/C14H23N/c1-13-8-10-14(11-9-13)7-5-3-2-4-6-12-15/h8-11H,2-7,12,15H2,1H3. The zero-order chi connectivity index (χ0) is 10.9. The average molecular weight is 205 g/mol. The predicted molar refractivity (Wildman–Crippen MR) is 67.0 cm³/mol. The Morgan fingerprint density at radius 1 is 0.867 bits per heavy atom. The van der Waals surface area contributed by atoms with Crippen molar-refractivity contribution in [3.05, 3.63) is 35.4 Å². The monoisotopic (exact) mass is 205 g/mol. The first-order valence-electron chi connectivity index (χ1n) is 6.08. The Morgan fingerprint density at radius 3 is 2.13 bits per heavy atom. The fraction of sp³-hybridized carbons (Fsp3) is 0.571. The van der Waals surface area contributed by atoms with Crippen LogP contribution in [0.2, 0.25) is 0 Å². The molecule has 0 aliphatic heterocycles. The molecule has 0 unspecified atom stereocenters. The van der Waals surface area contributed by atoms with Crippen molar-refractivity contribution in [2.24, 2.45) is 5.73 Å². The van der Waals surface area contributed by atoms with E-state index < -0.39 is 0 Å². The van der Waals surface area contributed by atoms with Crippen LogP contribution in [0.15, 0.2) is 24.3 Å². The molecule has 0 radical (unpaired) electrons. The smallest absolute Gasteiger partial charge is 0.00773 e. The molecule has 0 atom stereocenters. The molecule has 1 rings (SSSR count). The Labute approximate surface area is 93.7 Å². The predicted octanol–water partition coefficient (Wildman–Crippen LogP) is 3.45. The maximum Gasteiger partial charge on any atom is -0.00773 e. The lowest BCUT2D eigenvalue weighted by molar-refractivity contribution is 0.618. The van der Waals surface area contributed by atoms with Gasteiger partial charge in [0, 0.05) is 0 Å². The third-order valence-corrected chi connectivity index (χ3v) is 2.79. The summed E-state index contributed by atoms with van der Waals surface area (Å²) in [6.07, 6.45) is 7.70. The molecule has 0 amide bonds. The van der Waals surface area contributed by atoms with Crippen LogP contribution in [0.5, 0.6) is 0 Å². The number of hydrogen-bond donors (Lipinski definition) is 1. The fourth-order valence-corrected chi connectivity index (χ4v) is 1.76. The van der Waals surface area contributed by atoms with E-state index in [4.69, 9.17) is 5.73 Å². The summed E-state index contributed by atoms with van der Waals surface area (Å²) >= 11 is 0. The van der Waals surface area contributed by atoms with Crippen LogP contribution in [0.1, 0.15) is 43.2 Å². The van der Waals surface area contributed by atoms with E-state index in [0.29, 0.717) is 0 Å². The van der Waals surface area contributed by atoms with Gasteiger partial charge in [0.05, 0.1) is 0 Å². The largest absolute Gasteiger partial charge is 0.330 e. The first-order valence-corrected chi connectivity index (χ1v) is 6.08. The van der Waals surface area contributed by atoms with Gasteiger partial charge in [-0.05, 0) is 38.3 Å². The third kappa shape index (κ3) is 5.58. The Kier molecular flexibility index (Phi) is 6.10. The molecule has 15 heavy (non-hydrogen) atoms. The fourth-order valence-electron chi connectivity index (χ4n) is 1.76. The van der Waals surface area contributed by atoms with Gasteiger partial charge in [-0.25, -0.2) is 0 Å². The van der Waals surface area contributed by atoms with Crippen molar-refractivity contribution in [1.82, 2.24) is 0 Å². The number of aryl methyl sites for hydroxylation is 2. The maximum atomic E-state index is 5.45. The van der Waals surface area contributed by atoms with Gasteiger partial charge in [-0.1, -0.05) is 49.1 Å². The van der Waals surface area contributed by atoms with Gasteiger partial charge in [0.15, 0.2) is 0 Å². The number of rotatable bonds is 7. The summed E-state index contributed by atoms with van der Waals surface area (Å²) in [5.41, 5.74) is 8.27. The summed E-state index contributed by atoms with van der Waals surface area (Å²) in [6.45, 7) is 2.98. The summed E-state index contributed by atoms with van der Waals surface area (Å²) in [6, 6.07) is 8.89. The highest BCUT2D eigenvalue weighted by Crippen LogP contribution is 2.09. The molecular weight excluding hydrogens is 182 g/mol. The van der Waals surface area contributed by atoms with Gasteiger partial charge in [0.1, 0.15) is 0 Å². The van der Waals surface area contributed by atoms with E-state index in [1.807, 2.05) is 0 Å². The molecule has 0 aromatic heterocycles. The minimum absolute atomic E-state index is 0.845. The van der Waals surface area contributed by atoms with Crippen LogP contribution < -0.4 is 5.73 Å². The van der Waals surface area contributed by atoms with Crippen LogP contribution >= 0.6 is 0 Å². The topological polar surface area (TPSA) is 26.0 Å². The van der Waals surface area contributed by atoms with E-state index in [-0.39, 0.29) is 0 Å². The summed E-state index contributed by atoms with van der Waals surface area (Å²) in [5.74, 6) is 0. The molecule has 0 saturated heterocycles. The molecule has 1 aromatic rings. The lowest BCUT2D eigenvalue weighted by Gasteiger charge is -2.02. The van der Waals surface area contributed by atoms with Gasteiger partial charge in [-0.15, -0.1) is 0 Å². The minimum Gasteiger partial charge on any atom is -0.330 e. The molecule has 0 aliphatic carbocycles. The molecule has 0 aliphatic rings. The Hall–Kier alpha value is -0.820. The van der Waals surface area contributed by atoms with Crippen LogP contribution in [0.3, 0.4) is 0 Å². The van der Waals surface area contributed by atoms with Crippen LogP contribution in [0.25, 0.3) is 0 Å². The Morgan fingerprint density at radius 2 is 1.47 bits per heavy atom. The third-order valence-electron chi connectivity index (χ3n) is 2.79. The molecule has 84 valence electrons. The molecule has 1 nitrogen and oxygen atoms in total. The molecule has 0 spiro atoms. The van der Waals surface area contributed by atoms with Crippen LogP contribution in [0, 0.1) is 6.92 Å². The highest BCUT2D eigenvalue weighted by Gasteiger charge is 1.93. The molecule has 1 aromatic carbocycles. The zero-order valence-corrected chi connectivity index (χ0v) is 9.84. The first kappa shape index (κ1) is 12.3. The van der Waals surface area contributed by atoms with E-state index in [2.05, 4.69) is 31.2 Å². The van der Waals surface area contributed by atoms with Gasteiger partial charge >= 0.3 is 0 Å². The lowest BCUT2D eigenvalue weighted by Crippen LogP contribution is -1.97. The van der Waals surface area contributed by atoms with Crippen molar-refractivity contribution in [1.29, 1.82) is 0 Å². The lowest BCUT2D eigenvalue weighted by atomic mass is 10.0. The normalized spacial score (nSPS) is 10.5. The van der Waals surface area contributed by atoms with Crippen molar-refractivity contribution < 1.29 is 0 Å². The Bertz CT molecular complexity index is 251. The zero-order valence-electron chi connectivity index (χ0n) is 9.84. The van der Waals surface area contributed by atoms with Crippen LogP contribution in [0.4, 0.5) is 0 Å². The van der Waals surface area contributed by atoms with Crippen molar-refractivity contribution in [3.8, 4) is 0 Å². The van der Waals surface area contributed by atoms with Crippen molar-refractivity contribution in [2.75, 3.05) is 6.54 Å². The minimum atomic E-state index is 0.845. The van der Waals surface area contributed by atoms with E-state index in [1.165, 1.54) is 49.7 Å². The van der Waals surface area contributed by atoms with E-state index >= 15 is 0 Å². The van der Waals surface area contributed by atoms with Gasteiger partial charge in [0.25, 0.3) is 0 Å². The van der Waals surface area contributed by atoms with Crippen LogP contribution in [-0.4, -0.2) is 6.54 Å². The van der Waals surface area contributed by atoms with Crippen LogP contribution in [-0.2, 0) is 6.42 Å². The number of benzene rings is 1. The molecule has 0 saturated carbocycles.